The third-order valence-electron chi connectivity index (χ3n) is 3.08. The Labute approximate surface area is 121 Å². The highest BCUT2D eigenvalue weighted by Gasteiger charge is 2.10. The van der Waals surface area contributed by atoms with Gasteiger partial charge < -0.3 is 9.64 Å². The average molecular weight is 322 g/mol. The molecule has 0 aliphatic heterocycles. The normalized spacial score (nSPS) is 10.5. The molecule has 0 fully saturated rings. The topological polar surface area (TPSA) is 29.5 Å². The highest BCUT2D eigenvalue weighted by atomic mass is 79.9. The third-order valence-corrected chi connectivity index (χ3v) is 3.90. The Hall–Kier alpha value is -1.55. The van der Waals surface area contributed by atoms with Crippen molar-refractivity contribution in [2.45, 2.75) is 6.92 Å². The van der Waals surface area contributed by atoms with Gasteiger partial charge in [-0.3, -0.25) is 4.79 Å². The van der Waals surface area contributed by atoms with Gasteiger partial charge in [-0.25, -0.2) is 0 Å². The summed E-state index contributed by atoms with van der Waals surface area (Å²) in [5.41, 5.74) is 0. The van der Waals surface area contributed by atoms with E-state index in [9.17, 15) is 4.79 Å². The lowest BCUT2D eigenvalue weighted by atomic mass is 10.1. The third kappa shape index (κ3) is 3.07. The number of hydrogen-bond acceptors (Lipinski definition) is 2. The lowest BCUT2D eigenvalue weighted by Gasteiger charge is -2.15. The highest BCUT2D eigenvalue weighted by Crippen LogP contribution is 2.32. The number of carbonyl (C=O) groups excluding carboxylic acids is 1. The smallest absolute Gasteiger partial charge is 0.260 e. The lowest BCUT2D eigenvalue weighted by molar-refractivity contribution is -0.131. The van der Waals surface area contributed by atoms with Gasteiger partial charge in [0, 0.05) is 13.6 Å². The molecule has 100 valence electrons. The zero-order valence-corrected chi connectivity index (χ0v) is 12.6. The Morgan fingerprint density at radius 3 is 2.74 bits per heavy atom. The minimum absolute atomic E-state index is 0.0254. The number of nitrogens with zero attached hydrogens (tertiary/aromatic N) is 1. The molecule has 0 saturated carbocycles. The van der Waals surface area contributed by atoms with Crippen LogP contribution in [0.25, 0.3) is 10.8 Å². The van der Waals surface area contributed by atoms with Crippen molar-refractivity contribution < 1.29 is 9.53 Å². The van der Waals surface area contributed by atoms with E-state index < -0.39 is 0 Å². The molecule has 4 heteroatoms. The number of benzene rings is 2. The Kier molecular flexibility index (Phi) is 4.43. The van der Waals surface area contributed by atoms with E-state index in [4.69, 9.17) is 4.74 Å². The van der Waals surface area contributed by atoms with Gasteiger partial charge in [-0.2, -0.15) is 0 Å². The minimum atomic E-state index is -0.0254. The molecule has 0 aliphatic rings. The van der Waals surface area contributed by atoms with Crippen LogP contribution in [0.15, 0.2) is 40.9 Å². The summed E-state index contributed by atoms with van der Waals surface area (Å²) in [5, 5.41) is 2.22. The monoisotopic (exact) mass is 321 g/mol. The fourth-order valence-electron chi connectivity index (χ4n) is 1.75. The second kappa shape index (κ2) is 6.06. The molecule has 0 atom stereocenters. The fourth-order valence-corrected chi connectivity index (χ4v) is 2.36. The Bertz CT molecular complexity index is 598. The van der Waals surface area contributed by atoms with Gasteiger partial charge in [0.15, 0.2) is 6.61 Å². The predicted octanol–water partition coefficient (Wildman–Crippen LogP) is 3.46. The largest absolute Gasteiger partial charge is 0.483 e. The molecule has 0 aromatic heterocycles. The Balaban J connectivity index is 2.18. The molecule has 3 nitrogen and oxygen atoms in total. The first-order valence-electron chi connectivity index (χ1n) is 6.17. The number of fused-ring (bicyclic) bond motifs is 1. The first-order chi connectivity index (χ1) is 9.13. The summed E-state index contributed by atoms with van der Waals surface area (Å²) in [7, 11) is 1.77. The number of hydrogen-bond donors (Lipinski definition) is 0. The van der Waals surface area contributed by atoms with E-state index in [1.165, 1.54) is 0 Å². The number of carbonyl (C=O) groups is 1. The number of ether oxygens (including phenoxy) is 1. The van der Waals surface area contributed by atoms with E-state index in [1.807, 2.05) is 43.3 Å². The number of rotatable bonds is 4. The molecule has 0 saturated heterocycles. The molecule has 0 N–H and O–H groups in total. The molecule has 0 heterocycles. The summed E-state index contributed by atoms with van der Waals surface area (Å²) < 4.78 is 6.48. The Morgan fingerprint density at radius 1 is 1.26 bits per heavy atom. The predicted molar refractivity (Wildman–Crippen MR) is 80.5 cm³/mol. The van der Waals surface area contributed by atoms with E-state index in [0.29, 0.717) is 12.3 Å². The van der Waals surface area contributed by atoms with Crippen molar-refractivity contribution in [3.63, 3.8) is 0 Å². The maximum absolute atomic E-state index is 11.7. The average Bonchev–Trinajstić information content (AvgIpc) is 2.45. The lowest BCUT2D eigenvalue weighted by Crippen LogP contribution is -2.31. The van der Waals surface area contributed by atoms with Crippen LogP contribution in [-0.4, -0.2) is 31.0 Å². The molecule has 0 unspecified atom stereocenters. The molecular formula is C15H16BrNO2. The van der Waals surface area contributed by atoms with Crippen LogP contribution in [0.2, 0.25) is 0 Å². The quantitative estimate of drug-likeness (QED) is 0.863. The van der Waals surface area contributed by atoms with Gasteiger partial charge in [-0.15, -0.1) is 0 Å². The van der Waals surface area contributed by atoms with Gasteiger partial charge in [-0.1, -0.05) is 30.3 Å². The second-order valence-corrected chi connectivity index (χ2v) is 5.09. The molecule has 0 bridgehead atoms. The van der Waals surface area contributed by atoms with Crippen LogP contribution in [0, 0.1) is 0 Å². The van der Waals surface area contributed by atoms with E-state index >= 15 is 0 Å². The molecule has 2 aromatic rings. The van der Waals surface area contributed by atoms with Crippen molar-refractivity contribution in [1.29, 1.82) is 0 Å². The summed E-state index contributed by atoms with van der Waals surface area (Å²) in [6.45, 7) is 2.67. The highest BCUT2D eigenvalue weighted by molar-refractivity contribution is 9.10. The van der Waals surface area contributed by atoms with Crippen molar-refractivity contribution in [3.05, 3.63) is 40.9 Å². The van der Waals surface area contributed by atoms with Gasteiger partial charge in [0.05, 0.1) is 4.47 Å². The molecule has 0 spiro atoms. The summed E-state index contributed by atoms with van der Waals surface area (Å²) in [4.78, 5) is 13.3. The van der Waals surface area contributed by atoms with Crippen molar-refractivity contribution in [1.82, 2.24) is 4.90 Å². The summed E-state index contributed by atoms with van der Waals surface area (Å²) in [6.07, 6.45) is 0. The van der Waals surface area contributed by atoms with Gasteiger partial charge in [0.1, 0.15) is 5.75 Å². The molecule has 1 amide bonds. The molecule has 19 heavy (non-hydrogen) atoms. The van der Waals surface area contributed by atoms with Crippen molar-refractivity contribution in [2.24, 2.45) is 0 Å². The maximum atomic E-state index is 11.7. The van der Waals surface area contributed by atoms with E-state index in [2.05, 4.69) is 15.9 Å². The molecular weight excluding hydrogens is 306 g/mol. The van der Waals surface area contributed by atoms with Crippen molar-refractivity contribution in [3.8, 4) is 5.75 Å². The maximum Gasteiger partial charge on any atom is 0.260 e. The zero-order chi connectivity index (χ0) is 13.8. The van der Waals surface area contributed by atoms with Crippen LogP contribution in [0.1, 0.15) is 6.92 Å². The summed E-state index contributed by atoms with van der Waals surface area (Å²) >= 11 is 3.54. The van der Waals surface area contributed by atoms with Crippen LogP contribution in [0.5, 0.6) is 5.75 Å². The van der Waals surface area contributed by atoms with Gasteiger partial charge >= 0.3 is 0 Å². The van der Waals surface area contributed by atoms with Gasteiger partial charge in [0.2, 0.25) is 0 Å². The van der Waals surface area contributed by atoms with Gasteiger partial charge in [-0.05, 0) is 39.7 Å². The zero-order valence-electron chi connectivity index (χ0n) is 11.0. The molecule has 0 aliphatic carbocycles. The SMILES string of the molecule is CCN(C)C(=O)COc1ccc2ccccc2c1Br. The van der Waals surface area contributed by atoms with E-state index in [1.54, 1.807) is 11.9 Å². The second-order valence-electron chi connectivity index (χ2n) is 4.30. The Morgan fingerprint density at radius 2 is 2.00 bits per heavy atom. The van der Waals surface area contributed by atoms with E-state index in [0.717, 1.165) is 15.2 Å². The van der Waals surface area contributed by atoms with Crippen LogP contribution < -0.4 is 4.74 Å². The number of likely N-dealkylation sites (N-methyl/N-ethyl adjacent to an activating group) is 1. The van der Waals surface area contributed by atoms with Crippen LogP contribution in [0.4, 0.5) is 0 Å². The first kappa shape index (κ1) is 13.9. The van der Waals surface area contributed by atoms with E-state index in [-0.39, 0.29) is 12.5 Å². The summed E-state index contributed by atoms with van der Waals surface area (Å²) in [5.74, 6) is 0.666. The standard InChI is InChI=1S/C15H16BrNO2/c1-3-17(2)14(18)10-19-13-9-8-11-6-4-5-7-12(11)15(13)16/h4-9H,3,10H2,1-2H3. The number of halogens is 1. The first-order valence-corrected chi connectivity index (χ1v) is 6.96. The molecule has 0 radical (unpaired) electrons. The van der Waals surface area contributed by atoms with Crippen molar-refractivity contribution in [2.75, 3.05) is 20.2 Å². The van der Waals surface area contributed by atoms with Crippen LogP contribution in [-0.2, 0) is 4.79 Å². The van der Waals surface area contributed by atoms with Crippen molar-refractivity contribution >= 4 is 32.6 Å². The fraction of sp³-hybridized carbons (Fsp3) is 0.267. The molecule has 2 aromatic carbocycles. The minimum Gasteiger partial charge on any atom is -0.483 e. The van der Waals surface area contributed by atoms with Crippen LogP contribution in [0.3, 0.4) is 0 Å². The van der Waals surface area contributed by atoms with Gasteiger partial charge in [0.25, 0.3) is 5.91 Å². The van der Waals surface area contributed by atoms with Crippen LogP contribution >= 0.6 is 15.9 Å². The molecule has 2 rings (SSSR count). The number of amides is 1. The summed E-state index contributed by atoms with van der Waals surface area (Å²) in [6, 6.07) is 11.9.